The van der Waals surface area contributed by atoms with Crippen molar-refractivity contribution in [2.24, 2.45) is 0 Å². The first-order chi connectivity index (χ1) is 12.2. The number of fused-ring (bicyclic) bond motifs is 1. The Bertz CT molecular complexity index is 1030. The highest BCUT2D eigenvalue weighted by Crippen LogP contribution is 2.24. The number of aromatic nitrogens is 4. The van der Waals surface area contributed by atoms with Gasteiger partial charge in [0.1, 0.15) is 12.4 Å². The lowest BCUT2D eigenvalue weighted by atomic mass is 10.0. The van der Waals surface area contributed by atoms with Crippen LogP contribution in [-0.4, -0.2) is 19.4 Å². The minimum absolute atomic E-state index is 0.268. The maximum absolute atomic E-state index is 13.6. The first kappa shape index (κ1) is 15.3. The molecule has 0 saturated heterocycles. The standard InChI is InChI=1S/C19H15FN4O/c1-13-5-6-15(20)8-17(13)14-9-22-19-23-16(11-24(19)10-14)12-25-18-4-2-3-7-21-18/h2-11H,12H2,1H3. The second-order valence-corrected chi connectivity index (χ2v) is 5.70. The molecule has 3 aromatic heterocycles. The molecule has 5 nitrogen and oxygen atoms in total. The highest BCUT2D eigenvalue weighted by Gasteiger charge is 2.08. The number of hydrogen-bond acceptors (Lipinski definition) is 4. The maximum Gasteiger partial charge on any atom is 0.234 e. The summed E-state index contributed by atoms with van der Waals surface area (Å²) in [6.07, 6.45) is 7.12. The van der Waals surface area contributed by atoms with Gasteiger partial charge in [0.25, 0.3) is 0 Å². The van der Waals surface area contributed by atoms with E-state index in [9.17, 15) is 4.39 Å². The molecule has 0 amide bonds. The van der Waals surface area contributed by atoms with Gasteiger partial charge in [-0.15, -0.1) is 0 Å². The van der Waals surface area contributed by atoms with Crippen LogP contribution in [0.5, 0.6) is 5.88 Å². The monoisotopic (exact) mass is 334 g/mol. The zero-order valence-corrected chi connectivity index (χ0v) is 13.6. The van der Waals surface area contributed by atoms with Crippen molar-refractivity contribution in [2.45, 2.75) is 13.5 Å². The summed E-state index contributed by atoms with van der Waals surface area (Å²) in [5.41, 5.74) is 3.38. The molecule has 0 fully saturated rings. The minimum Gasteiger partial charge on any atom is -0.471 e. The summed E-state index contributed by atoms with van der Waals surface area (Å²) in [7, 11) is 0. The fourth-order valence-electron chi connectivity index (χ4n) is 2.63. The highest BCUT2D eigenvalue weighted by atomic mass is 19.1. The number of imidazole rings is 1. The van der Waals surface area contributed by atoms with Crippen LogP contribution in [0, 0.1) is 12.7 Å². The summed E-state index contributed by atoms with van der Waals surface area (Å²) in [5, 5.41) is 0. The van der Waals surface area contributed by atoms with Crippen molar-refractivity contribution < 1.29 is 9.13 Å². The van der Waals surface area contributed by atoms with E-state index in [0.717, 1.165) is 22.4 Å². The van der Waals surface area contributed by atoms with Crippen LogP contribution in [0.4, 0.5) is 4.39 Å². The van der Waals surface area contributed by atoms with Gasteiger partial charge in [0.05, 0.1) is 5.69 Å². The molecule has 124 valence electrons. The zero-order valence-electron chi connectivity index (χ0n) is 13.6. The fourth-order valence-corrected chi connectivity index (χ4v) is 2.63. The van der Waals surface area contributed by atoms with Crippen molar-refractivity contribution in [3.05, 3.63) is 78.3 Å². The number of nitrogens with zero attached hydrogens (tertiary/aromatic N) is 4. The molecule has 6 heteroatoms. The lowest BCUT2D eigenvalue weighted by Crippen LogP contribution is -1.96. The van der Waals surface area contributed by atoms with Crippen LogP contribution in [0.1, 0.15) is 11.3 Å². The van der Waals surface area contributed by atoms with Crippen LogP contribution in [0.15, 0.2) is 61.2 Å². The number of halogens is 1. The molecule has 4 aromatic rings. The van der Waals surface area contributed by atoms with Gasteiger partial charge >= 0.3 is 0 Å². The van der Waals surface area contributed by atoms with Crippen LogP contribution >= 0.6 is 0 Å². The third-order valence-electron chi connectivity index (χ3n) is 3.88. The Kier molecular flexibility index (Phi) is 3.85. The number of rotatable bonds is 4. The molecule has 0 saturated carbocycles. The third-order valence-corrected chi connectivity index (χ3v) is 3.88. The largest absolute Gasteiger partial charge is 0.471 e. The molecule has 0 unspecified atom stereocenters. The van der Waals surface area contributed by atoms with Gasteiger partial charge in [-0.3, -0.25) is 4.40 Å². The SMILES string of the molecule is Cc1ccc(F)cc1-c1cnc2nc(COc3ccccn3)cn2c1. The van der Waals surface area contributed by atoms with Crippen molar-refractivity contribution in [1.82, 2.24) is 19.4 Å². The normalized spacial score (nSPS) is 11.0. The summed E-state index contributed by atoms with van der Waals surface area (Å²) in [5.74, 6) is 0.844. The number of benzene rings is 1. The van der Waals surface area contributed by atoms with Gasteiger partial charge in [-0.1, -0.05) is 12.1 Å². The second-order valence-electron chi connectivity index (χ2n) is 5.70. The molecule has 0 aliphatic carbocycles. The minimum atomic E-state index is -0.268. The lowest BCUT2D eigenvalue weighted by molar-refractivity contribution is 0.290. The van der Waals surface area contributed by atoms with Crippen LogP contribution in [0.3, 0.4) is 0 Å². The van der Waals surface area contributed by atoms with Crippen molar-refractivity contribution in [2.75, 3.05) is 0 Å². The maximum atomic E-state index is 13.6. The van der Waals surface area contributed by atoms with Crippen molar-refractivity contribution in [1.29, 1.82) is 0 Å². The molecular weight excluding hydrogens is 319 g/mol. The van der Waals surface area contributed by atoms with E-state index in [0.29, 0.717) is 18.3 Å². The van der Waals surface area contributed by atoms with Crippen molar-refractivity contribution in [3.8, 4) is 17.0 Å². The molecular formula is C19H15FN4O. The Labute approximate surface area is 143 Å². The summed E-state index contributed by atoms with van der Waals surface area (Å²) >= 11 is 0. The van der Waals surface area contributed by atoms with E-state index < -0.39 is 0 Å². The zero-order chi connectivity index (χ0) is 17.2. The van der Waals surface area contributed by atoms with E-state index in [1.807, 2.05) is 35.9 Å². The van der Waals surface area contributed by atoms with Gasteiger partial charge in [0, 0.05) is 36.4 Å². The predicted molar refractivity (Wildman–Crippen MR) is 91.7 cm³/mol. The summed E-state index contributed by atoms with van der Waals surface area (Å²) in [4.78, 5) is 12.9. The smallest absolute Gasteiger partial charge is 0.234 e. The Morgan fingerprint density at radius 2 is 2.04 bits per heavy atom. The molecule has 0 N–H and O–H groups in total. The first-order valence-electron chi connectivity index (χ1n) is 7.83. The Balaban J connectivity index is 1.62. The average Bonchev–Trinajstić information content (AvgIpc) is 3.05. The molecule has 0 bridgehead atoms. The van der Waals surface area contributed by atoms with Crippen molar-refractivity contribution >= 4 is 5.78 Å². The molecule has 0 atom stereocenters. The van der Waals surface area contributed by atoms with Gasteiger partial charge in [-0.05, 0) is 36.2 Å². The summed E-state index contributed by atoms with van der Waals surface area (Å²) in [6, 6.07) is 10.2. The van der Waals surface area contributed by atoms with Crippen LogP contribution in [0.25, 0.3) is 16.9 Å². The van der Waals surface area contributed by atoms with Gasteiger partial charge in [0.15, 0.2) is 0 Å². The summed E-state index contributed by atoms with van der Waals surface area (Å²) < 4.78 is 21.0. The number of aryl methyl sites for hydroxylation is 1. The molecule has 0 radical (unpaired) electrons. The second kappa shape index (κ2) is 6.32. The van der Waals surface area contributed by atoms with Crippen LogP contribution in [-0.2, 0) is 6.61 Å². The van der Waals surface area contributed by atoms with Crippen LogP contribution < -0.4 is 4.74 Å². The Morgan fingerprint density at radius 3 is 2.88 bits per heavy atom. The molecule has 4 rings (SSSR count). The molecule has 0 aliphatic rings. The Morgan fingerprint density at radius 1 is 1.12 bits per heavy atom. The third kappa shape index (κ3) is 3.19. The van der Waals surface area contributed by atoms with Crippen molar-refractivity contribution in [3.63, 3.8) is 0 Å². The number of pyridine rings is 1. The topological polar surface area (TPSA) is 52.3 Å². The quantitative estimate of drug-likeness (QED) is 0.569. The molecule has 3 heterocycles. The number of ether oxygens (including phenoxy) is 1. The van der Waals surface area contributed by atoms with E-state index in [2.05, 4.69) is 15.0 Å². The Hall–Kier alpha value is -3.28. The predicted octanol–water partition coefficient (Wildman–Crippen LogP) is 3.82. The van der Waals surface area contributed by atoms with E-state index >= 15 is 0 Å². The van der Waals surface area contributed by atoms with E-state index in [-0.39, 0.29) is 5.82 Å². The molecule has 0 spiro atoms. The lowest BCUT2D eigenvalue weighted by Gasteiger charge is -2.06. The molecule has 0 aliphatic heterocycles. The van der Waals surface area contributed by atoms with Gasteiger partial charge in [0.2, 0.25) is 11.7 Å². The van der Waals surface area contributed by atoms with Gasteiger partial charge in [-0.25, -0.2) is 19.3 Å². The molecule has 1 aromatic carbocycles. The fraction of sp³-hybridized carbons (Fsp3) is 0.105. The van der Waals surface area contributed by atoms with E-state index in [4.69, 9.17) is 4.74 Å². The van der Waals surface area contributed by atoms with Crippen LogP contribution in [0.2, 0.25) is 0 Å². The number of hydrogen-bond donors (Lipinski definition) is 0. The first-order valence-corrected chi connectivity index (χ1v) is 7.83. The highest BCUT2D eigenvalue weighted by molar-refractivity contribution is 5.66. The molecule has 25 heavy (non-hydrogen) atoms. The van der Waals surface area contributed by atoms with Gasteiger partial charge in [-0.2, -0.15) is 0 Å². The van der Waals surface area contributed by atoms with E-state index in [1.54, 1.807) is 24.5 Å². The van der Waals surface area contributed by atoms with E-state index in [1.165, 1.54) is 12.1 Å². The summed E-state index contributed by atoms with van der Waals surface area (Å²) in [6.45, 7) is 2.24. The average molecular weight is 334 g/mol. The van der Waals surface area contributed by atoms with Gasteiger partial charge < -0.3 is 4.74 Å².